The van der Waals surface area contributed by atoms with Crippen LogP contribution in [0.3, 0.4) is 0 Å². The fourth-order valence-electron chi connectivity index (χ4n) is 4.33. The smallest absolute Gasteiger partial charge is 0.272 e. The first-order valence-electron chi connectivity index (χ1n) is 9.77. The zero-order valence-corrected chi connectivity index (χ0v) is 16.3. The Bertz CT molecular complexity index is 1290. The van der Waals surface area contributed by atoms with Gasteiger partial charge in [0.05, 0.1) is 23.0 Å². The summed E-state index contributed by atoms with van der Waals surface area (Å²) in [6, 6.07) is 14.7. The molecule has 2 aromatic carbocycles. The van der Waals surface area contributed by atoms with Gasteiger partial charge in [-0.25, -0.2) is 9.49 Å². The number of halogens is 1. The van der Waals surface area contributed by atoms with Crippen molar-refractivity contribution in [3.8, 4) is 0 Å². The zero-order valence-electron chi connectivity index (χ0n) is 16.3. The van der Waals surface area contributed by atoms with E-state index in [-0.39, 0.29) is 12.0 Å². The molecular formula is C23H20FN5O. The number of aromatic amines is 1. The predicted molar refractivity (Wildman–Crippen MR) is 114 cm³/mol. The molecule has 7 heteroatoms. The SMILES string of the molecule is CNCc1cccc(C2c3n[nH]c(=O)c4cc(F)cc(c34)NC2c2ccncc2)c1. The average Bonchev–Trinajstić information content (AvgIpc) is 2.76. The lowest BCUT2D eigenvalue weighted by molar-refractivity contribution is 0.618. The molecule has 0 fully saturated rings. The molecule has 0 saturated heterocycles. The number of H-pyrrole nitrogens is 1. The van der Waals surface area contributed by atoms with Crippen LogP contribution in [0.4, 0.5) is 10.1 Å². The Kier molecular flexibility index (Phi) is 4.52. The number of aromatic nitrogens is 3. The van der Waals surface area contributed by atoms with Gasteiger partial charge in [0, 0.05) is 30.0 Å². The highest BCUT2D eigenvalue weighted by Gasteiger charge is 2.35. The Morgan fingerprint density at radius 3 is 2.73 bits per heavy atom. The van der Waals surface area contributed by atoms with Crippen molar-refractivity contribution >= 4 is 16.5 Å². The summed E-state index contributed by atoms with van der Waals surface area (Å²) >= 11 is 0. The third-order valence-electron chi connectivity index (χ3n) is 5.58. The monoisotopic (exact) mass is 401 g/mol. The molecule has 4 aromatic rings. The molecule has 0 radical (unpaired) electrons. The summed E-state index contributed by atoms with van der Waals surface area (Å²) in [5, 5.41) is 14.6. The van der Waals surface area contributed by atoms with Gasteiger partial charge in [-0.15, -0.1) is 0 Å². The van der Waals surface area contributed by atoms with E-state index in [0.29, 0.717) is 16.5 Å². The van der Waals surface area contributed by atoms with Crippen molar-refractivity contribution in [3.05, 3.63) is 99.5 Å². The highest BCUT2D eigenvalue weighted by atomic mass is 19.1. The summed E-state index contributed by atoms with van der Waals surface area (Å²) in [6.07, 6.45) is 3.48. The molecule has 0 spiro atoms. The number of benzene rings is 2. The van der Waals surface area contributed by atoms with Gasteiger partial charge in [0.1, 0.15) is 5.82 Å². The highest BCUT2D eigenvalue weighted by Crippen LogP contribution is 2.46. The fourth-order valence-corrected chi connectivity index (χ4v) is 4.33. The normalized spacial score (nSPS) is 17.7. The van der Waals surface area contributed by atoms with E-state index < -0.39 is 11.4 Å². The third kappa shape index (κ3) is 3.04. The van der Waals surface area contributed by atoms with E-state index in [0.717, 1.165) is 28.9 Å². The summed E-state index contributed by atoms with van der Waals surface area (Å²) in [6.45, 7) is 0.740. The minimum Gasteiger partial charge on any atom is -0.377 e. The van der Waals surface area contributed by atoms with E-state index in [9.17, 15) is 9.18 Å². The Morgan fingerprint density at radius 1 is 1.10 bits per heavy atom. The fraction of sp³-hybridized carbons (Fsp3) is 0.174. The van der Waals surface area contributed by atoms with Crippen molar-refractivity contribution in [1.29, 1.82) is 0 Å². The maximum Gasteiger partial charge on any atom is 0.272 e. The number of nitrogens with one attached hydrogen (secondary N) is 3. The lowest BCUT2D eigenvalue weighted by atomic mass is 9.80. The van der Waals surface area contributed by atoms with Crippen molar-refractivity contribution in [1.82, 2.24) is 20.5 Å². The van der Waals surface area contributed by atoms with Crippen molar-refractivity contribution in [3.63, 3.8) is 0 Å². The van der Waals surface area contributed by atoms with E-state index in [2.05, 4.69) is 44.0 Å². The van der Waals surface area contributed by atoms with E-state index in [1.807, 2.05) is 25.2 Å². The van der Waals surface area contributed by atoms with Gasteiger partial charge in [0.2, 0.25) is 0 Å². The summed E-state index contributed by atoms with van der Waals surface area (Å²) in [5.41, 5.74) is 4.11. The van der Waals surface area contributed by atoms with Crippen LogP contribution in [-0.4, -0.2) is 22.2 Å². The molecule has 0 saturated carbocycles. The lowest BCUT2D eigenvalue weighted by Gasteiger charge is -2.34. The van der Waals surface area contributed by atoms with Crippen LogP contribution in [0.1, 0.15) is 34.3 Å². The van der Waals surface area contributed by atoms with Crippen LogP contribution < -0.4 is 16.2 Å². The molecule has 2 aromatic heterocycles. The molecule has 1 aliphatic heterocycles. The number of rotatable bonds is 4. The predicted octanol–water partition coefficient (Wildman–Crippen LogP) is 3.48. The number of hydrogen-bond donors (Lipinski definition) is 3. The van der Waals surface area contributed by atoms with Crippen molar-refractivity contribution in [2.45, 2.75) is 18.5 Å². The van der Waals surface area contributed by atoms with Gasteiger partial charge in [0.25, 0.3) is 5.56 Å². The van der Waals surface area contributed by atoms with Gasteiger partial charge in [-0.2, -0.15) is 5.10 Å². The Morgan fingerprint density at radius 2 is 1.93 bits per heavy atom. The largest absolute Gasteiger partial charge is 0.377 e. The first kappa shape index (κ1) is 18.4. The van der Waals surface area contributed by atoms with Gasteiger partial charge in [-0.1, -0.05) is 24.3 Å². The second-order valence-electron chi connectivity index (χ2n) is 7.47. The second-order valence-corrected chi connectivity index (χ2v) is 7.47. The molecular weight excluding hydrogens is 381 g/mol. The van der Waals surface area contributed by atoms with Crippen LogP contribution in [0.15, 0.2) is 65.7 Å². The number of hydrogen-bond acceptors (Lipinski definition) is 5. The van der Waals surface area contributed by atoms with Crippen molar-refractivity contribution in [2.24, 2.45) is 0 Å². The van der Waals surface area contributed by atoms with Crippen LogP contribution >= 0.6 is 0 Å². The van der Waals surface area contributed by atoms with Gasteiger partial charge < -0.3 is 10.6 Å². The first-order chi connectivity index (χ1) is 14.7. The molecule has 1 aliphatic rings. The van der Waals surface area contributed by atoms with Crippen LogP contribution in [0.5, 0.6) is 0 Å². The standard InChI is InChI=1S/C23H20FN5O/c1-25-12-13-3-2-4-15(9-13)19-21(14-5-7-26-8-6-14)27-18-11-16(24)10-17-20(18)22(19)28-29-23(17)30/h2-11,19,21,25,27H,12H2,1H3,(H,29,30). The molecule has 150 valence electrons. The van der Waals surface area contributed by atoms with Crippen LogP contribution in [0, 0.1) is 5.82 Å². The van der Waals surface area contributed by atoms with Gasteiger partial charge in [0.15, 0.2) is 0 Å². The molecule has 5 rings (SSSR count). The number of nitrogens with zero attached hydrogens (tertiary/aromatic N) is 2. The number of pyridine rings is 1. The van der Waals surface area contributed by atoms with Gasteiger partial charge in [-0.3, -0.25) is 9.78 Å². The molecule has 30 heavy (non-hydrogen) atoms. The minimum atomic E-state index is -0.462. The summed E-state index contributed by atoms with van der Waals surface area (Å²) in [5.74, 6) is -0.642. The highest BCUT2D eigenvalue weighted by molar-refractivity contribution is 5.97. The van der Waals surface area contributed by atoms with E-state index in [1.165, 1.54) is 12.1 Å². The third-order valence-corrected chi connectivity index (χ3v) is 5.58. The molecule has 0 amide bonds. The summed E-state index contributed by atoms with van der Waals surface area (Å²) < 4.78 is 14.3. The van der Waals surface area contributed by atoms with Crippen LogP contribution in [0.25, 0.3) is 10.8 Å². The molecule has 0 bridgehead atoms. The first-order valence-corrected chi connectivity index (χ1v) is 9.77. The second kappa shape index (κ2) is 7.35. The Labute approximate surface area is 172 Å². The quantitative estimate of drug-likeness (QED) is 0.488. The zero-order chi connectivity index (χ0) is 20.7. The molecule has 2 atom stereocenters. The minimum absolute atomic E-state index is 0.179. The molecule has 6 nitrogen and oxygen atoms in total. The van der Waals surface area contributed by atoms with E-state index >= 15 is 0 Å². The Hall–Kier alpha value is -3.58. The van der Waals surface area contributed by atoms with E-state index in [1.54, 1.807) is 12.4 Å². The van der Waals surface area contributed by atoms with Crippen molar-refractivity contribution < 1.29 is 4.39 Å². The number of anilines is 1. The summed E-state index contributed by atoms with van der Waals surface area (Å²) in [7, 11) is 1.91. The van der Waals surface area contributed by atoms with Crippen LogP contribution in [-0.2, 0) is 6.54 Å². The average molecular weight is 401 g/mol. The summed E-state index contributed by atoms with van der Waals surface area (Å²) in [4.78, 5) is 16.5. The van der Waals surface area contributed by atoms with E-state index in [4.69, 9.17) is 0 Å². The Balaban J connectivity index is 1.78. The lowest BCUT2D eigenvalue weighted by Crippen LogP contribution is -2.28. The maximum absolute atomic E-state index is 14.3. The molecule has 3 heterocycles. The van der Waals surface area contributed by atoms with Crippen LogP contribution in [0.2, 0.25) is 0 Å². The maximum atomic E-state index is 14.3. The topological polar surface area (TPSA) is 82.7 Å². The van der Waals surface area contributed by atoms with Gasteiger partial charge >= 0.3 is 0 Å². The molecule has 0 aliphatic carbocycles. The van der Waals surface area contributed by atoms with Gasteiger partial charge in [-0.05, 0) is 48.0 Å². The molecule has 3 N–H and O–H groups in total. The van der Waals surface area contributed by atoms with Crippen molar-refractivity contribution in [2.75, 3.05) is 12.4 Å². The molecule has 2 unspecified atom stereocenters.